The zero-order chi connectivity index (χ0) is 16.7. The van der Waals surface area contributed by atoms with E-state index in [0.717, 1.165) is 24.5 Å². The fourth-order valence-electron chi connectivity index (χ4n) is 2.54. The molecule has 1 atom stereocenters. The number of rotatable bonds is 7. The molecule has 5 nitrogen and oxygen atoms in total. The van der Waals surface area contributed by atoms with E-state index in [-0.39, 0.29) is 30.0 Å². The van der Waals surface area contributed by atoms with Gasteiger partial charge < -0.3 is 15.5 Å². The third-order valence-corrected chi connectivity index (χ3v) is 3.88. The van der Waals surface area contributed by atoms with E-state index in [1.807, 2.05) is 36.4 Å². The molecule has 2 aromatic rings. The van der Waals surface area contributed by atoms with E-state index in [1.54, 1.807) is 6.26 Å². The second kappa shape index (κ2) is 10.4. The monoisotopic (exact) mass is 442 g/mol. The maximum absolute atomic E-state index is 6.02. The van der Waals surface area contributed by atoms with Crippen molar-refractivity contribution < 1.29 is 4.42 Å². The molecule has 0 radical (unpaired) electrons. The van der Waals surface area contributed by atoms with E-state index in [9.17, 15) is 0 Å². The van der Waals surface area contributed by atoms with E-state index >= 15 is 0 Å². The molecule has 1 aromatic heterocycles. The summed E-state index contributed by atoms with van der Waals surface area (Å²) in [7, 11) is 0. The van der Waals surface area contributed by atoms with E-state index in [1.165, 1.54) is 5.56 Å². The average molecular weight is 442 g/mol. The SMILES string of the molecule is CCN(CC)C(CN=C(N)Nc1ccc(C)cc1)c1ccco1.I. The summed E-state index contributed by atoms with van der Waals surface area (Å²) in [5, 5.41) is 3.12. The Kier molecular flexibility index (Phi) is 8.84. The number of furan rings is 1. The maximum atomic E-state index is 6.02. The van der Waals surface area contributed by atoms with Gasteiger partial charge in [0.25, 0.3) is 0 Å². The number of nitrogens with two attached hydrogens (primary N) is 1. The molecular weight excluding hydrogens is 415 g/mol. The molecule has 0 amide bonds. The predicted octanol–water partition coefficient (Wildman–Crippen LogP) is 4.02. The van der Waals surface area contributed by atoms with E-state index in [0.29, 0.717) is 12.5 Å². The van der Waals surface area contributed by atoms with Crippen molar-refractivity contribution in [1.29, 1.82) is 0 Å². The number of nitrogens with one attached hydrogen (secondary N) is 1. The standard InChI is InChI=1S/C18H26N4O.HI/c1-4-22(5-2)16(17-7-6-12-23-17)13-20-18(19)21-15-10-8-14(3)9-11-15;/h6-12,16H,4-5,13H2,1-3H3,(H3,19,20,21);1H. The highest BCUT2D eigenvalue weighted by Gasteiger charge is 2.20. The number of halogens is 1. The summed E-state index contributed by atoms with van der Waals surface area (Å²) in [6.07, 6.45) is 1.70. The summed E-state index contributed by atoms with van der Waals surface area (Å²) in [5.74, 6) is 1.33. The zero-order valence-corrected chi connectivity index (χ0v) is 16.9. The Bertz CT molecular complexity index is 606. The summed E-state index contributed by atoms with van der Waals surface area (Å²) in [5.41, 5.74) is 8.17. The first-order chi connectivity index (χ1) is 11.1. The van der Waals surface area contributed by atoms with Gasteiger partial charge in [-0.1, -0.05) is 31.5 Å². The first kappa shape index (κ1) is 20.5. The molecule has 24 heavy (non-hydrogen) atoms. The van der Waals surface area contributed by atoms with Gasteiger partial charge in [-0.3, -0.25) is 9.89 Å². The van der Waals surface area contributed by atoms with Crippen LogP contribution in [0.4, 0.5) is 5.69 Å². The number of aliphatic imine (C=N–C) groups is 1. The number of likely N-dealkylation sites (N-methyl/N-ethyl adjacent to an activating group) is 1. The third kappa shape index (κ3) is 5.83. The molecule has 0 bridgehead atoms. The predicted molar refractivity (Wildman–Crippen MR) is 111 cm³/mol. The van der Waals surface area contributed by atoms with Gasteiger partial charge in [0, 0.05) is 5.69 Å². The second-order valence-corrected chi connectivity index (χ2v) is 5.47. The first-order valence-electron chi connectivity index (χ1n) is 8.05. The maximum Gasteiger partial charge on any atom is 0.193 e. The van der Waals surface area contributed by atoms with Gasteiger partial charge >= 0.3 is 0 Å². The van der Waals surface area contributed by atoms with Crippen molar-refractivity contribution in [2.75, 3.05) is 25.0 Å². The highest BCUT2D eigenvalue weighted by Crippen LogP contribution is 2.21. The fourth-order valence-corrected chi connectivity index (χ4v) is 2.54. The smallest absolute Gasteiger partial charge is 0.193 e. The Balaban J connectivity index is 0.00000288. The lowest BCUT2D eigenvalue weighted by Gasteiger charge is -2.26. The molecule has 1 aromatic carbocycles. The number of aryl methyl sites for hydroxylation is 1. The molecule has 0 aliphatic carbocycles. The minimum Gasteiger partial charge on any atom is -0.468 e. The van der Waals surface area contributed by atoms with Crippen LogP contribution in [0.1, 0.15) is 31.2 Å². The van der Waals surface area contributed by atoms with E-state index < -0.39 is 0 Å². The summed E-state index contributed by atoms with van der Waals surface area (Å²) in [6, 6.07) is 12.1. The molecule has 3 N–H and O–H groups in total. The normalized spacial score (nSPS) is 12.8. The molecule has 0 saturated carbocycles. The van der Waals surface area contributed by atoms with Crippen LogP contribution >= 0.6 is 24.0 Å². The van der Waals surface area contributed by atoms with Gasteiger partial charge in [0.2, 0.25) is 0 Å². The molecule has 1 heterocycles. The minimum atomic E-state index is 0. The van der Waals surface area contributed by atoms with Crippen LogP contribution in [0.15, 0.2) is 52.1 Å². The molecular formula is C18H27IN4O. The van der Waals surface area contributed by atoms with Crippen LogP contribution < -0.4 is 11.1 Å². The van der Waals surface area contributed by atoms with Gasteiger partial charge in [0.05, 0.1) is 18.8 Å². The summed E-state index contributed by atoms with van der Waals surface area (Å²) in [6.45, 7) is 8.75. The van der Waals surface area contributed by atoms with Crippen LogP contribution in [0.5, 0.6) is 0 Å². The first-order valence-corrected chi connectivity index (χ1v) is 8.05. The Morgan fingerprint density at radius 1 is 1.21 bits per heavy atom. The highest BCUT2D eigenvalue weighted by molar-refractivity contribution is 14.0. The molecule has 0 spiro atoms. The second-order valence-electron chi connectivity index (χ2n) is 5.47. The van der Waals surface area contributed by atoms with Crippen molar-refractivity contribution in [2.45, 2.75) is 26.8 Å². The molecule has 0 aliphatic rings. The third-order valence-electron chi connectivity index (χ3n) is 3.88. The largest absolute Gasteiger partial charge is 0.468 e. The number of hydrogen-bond donors (Lipinski definition) is 2. The number of nitrogens with zero attached hydrogens (tertiary/aromatic N) is 2. The van der Waals surface area contributed by atoms with Crippen molar-refractivity contribution in [3.8, 4) is 0 Å². The number of guanidine groups is 1. The summed E-state index contributed by atoms with van der Waals surface area (Å²) < 4.78 is 5.57. The van der Waals surface area contributed by atoms with Gasteiger partial charge in [-0.15, -0.1) is 24.0 Å². The molecule has 1 unspecified atom stereocenters. The van der Waals surface area contributed by atoms with Crippen LogP contribution in [0.3, 0.4) is 0 Å². The summed E-state index contributed by atoms with van der Waals surface area (Å²) >= 11 is 0. The van der Waals surface area contributed by atoms with Gasteiger partial charge in [0.15, 0.2) is 5.96 Å². The van der Waals surface area contributed by atoms with Crippen LogP contribution in [0.25, 0.3) is 0 Å². The Morgan fingerprint density at radius 3 is 2.42 bits per heavy atom. The van der Waals surface area contributed by atoms with Crippen molar-refractivity contribution in [1.82, 2.24) is 4.90 Å². The van der Waals surface area contributed by atoms with Crippen LogP contribution in [0.2, 0.25) is 0 Å². The van der Waals surface area contributed by atoms with E-state index in [4.69, 9.17) is 10.2 Å². The Hall–Kier alpha value is -1.54. The molecule has 0 saturated heterocycles. The van der Waals surface area contributed by atoms with Crippen molar-refractivity contribution in [3.63, 3.8) is 0 Å². The van der Waals surface area contributed by atoms with E-state index in [2.05, 4.69) is 36.0 Å². The average Bonchev–Trinajstić information content (AvgIpc) is 3.08. The van der Waals surface area contributed by atoms with Crippen LogP contribution in [-0.4, -0.2) is 30.5 Å². The lowest BCUT2D eigenvalue weighted by Crippen LogP contribution is -2.31. The van der Waals surface area contributed by atoms with Gasteiger partial charge in [0.1, 0.15) is 5.76 Å². The van der Waals surface area contributed by atoms with Crippen molar-refractivity contribution in [2.24, 2.45) is 10.7 Å². The minimum absolute atomic E-state index is 0. The molecule has 2 rings (SSSR count). The highest BCUT2D eigenvalue weighted by atomic mass is 127. The van der Waals surface area contributed by atoms with Gasteiger partial charge in [-0.25, -0.2) is 0 Å². The van der Waals surface area contributed by atoms with Crippen LogP contribution in [0, 0.1) is 6.92 Å². The van der Waals surface area contributed by atoms with Gasteiger partial charge in [-0.2, -0.15) is 0 Å². The number of hydrogen-bond acceptors (Lipinski definition) is 3. The fraction of sp³-hybridized carbons (Fsp3) is 0.389. The van der Waals surface area contributed by atoms with Crippen LogP contribution in [-0.2, 0) is 0 Å². The topological polar surface area (TPSA) is 66.8 Å². The molecule has 132 valence electrons. The lowest BCUT2D eigenvalue weighted by atomic mass is 10.2. The molecule has 0 aliphatic heterocycles. The number of benzene rings is 1. The Labute approximate surface area is 161 Å². The van der Waals surface area contributed by atoms with Crippen molar-refractivity contribution in [3.05, 3.63) is 54.0 Å². The number of anilines is 1. The Morgan fingerprint density at radius 2 is 1.88 bits per heavy atom. The summed E-state index contributed by atoms with van der Waals surface area (Å²) in [4.78, 5) is 6.80. The zero-order valence-electron chi connectivity index (χ0n) is 14.5. The quantitative estimate of drug-likeness (QED) is 0.386. The molecule has 0 fully saturated rings. The van der Waals surface area contributed by atoms with Crippen molar-refractivity contribution >= 4 is 35.6 Å². The van der Waals surface area contributed by atoms with Gasteiger partial charge in [-0.05, 0) is 44.3 Å². The molecule has 6 heteroatoms. The lowest BCUT2D eigenvalue weighted by molar-refractivity contribution is 0.198.